The molecule has 37 heavy (non-hydrogen) atoms. The lowest BCUT2D eigenvalue weighted by molar-refractivity contribution is -0.274. The average molecular weight is 543 g/mol. The Hall–Kier alpha value is -3.39. The van der Waals surface area contributed by atoms with E-state index in [2.05, 4.69) is 42.4 Å². The molecule has 0 radical (unpaired) electrons. The number of hydrogen-bond acceptors (Lipinski definition) is 9. The van der Waals surface area contributed by atoms with Gasteiger partial charge < -0.3 is 14.8 Å². The summed E-state index contributed by atoms with van der Waals surface area (Å²) in [5, 5.41) is 22.3. The lowest BCUT2D eigenvalue weighted by Gasteiger charge is -2.28. The van der Waals surface area contributed by atoms with Crippen molar-refractivity contribution in [3.05, 3.63) is 54.1 Å². The van der Waals surface area contributed by atoms with Gasteiger partial charge in [-0.25, -0.2) is 4.39 Å². The third-order valence-electron chi connectivity index (χ3n) is 5.54. The number of ether oxygens (including phenoxy) is 2. The van der Waals surface area contributed by atoms with Crippen LogP contribution in [-0.2, 0) is 9.53 Å². The summed E-state index contributed by atoms with van der Waals surface area (Å²) in [7, 11) is 1.13. The maximum atomic E-state index is 14.3. The molecule has 3 rings (SSSR count). The van der Waals surface area contributed by atoms with E-state index in [1.807, 2.05) is 6.92 Å². The fourth-order valence-electron chi connectivity index (χ4n) is 3.80. The Balaban J connectivity index is 1.57. The van der Waals surface area contributed by atoms with Crippen LogP contribution in [0, 0.1) is 11.7 Å². The molecule has 1 aromatic heterocycles. The quantitative estimate of drug-likeness (QED) is 0.267. The second kappa shape index (κ2) is 12.7. The zero-order chi connectivity index (χ0) is 27.0. The van der Waals surface area contributed by atoms with Gasteiger partial charge >= 0.3 is 6.36 Å². The molecule has 9 nitrogen and oxygen atoms in total. The molecule has 1 saturated carbocycles. The number of benzene rings is 1. The molecule has 1 aromatic carbocycles. The van der Waals surface area contributed by atoms with Gasteiger partial charge in [-0.2, -0.15) is 10.2 Å². The number of alkyl halides is 3. The summed E-state index contributed by atoms with van der Waals surface area (Å²) in [4.78, 5) is 12.7. The van der Waals surface area contributed by atoms with Crippen LogP contribution in [0.5, 0.6) is 5.75 Å². The van der Waals surface area contributed by atoms with Crippen molar-refractivity contribution in [3.63, 3.8) is 0 Å². The Kier molecular flexibility index (Phi) is 9.69. The number of amides is 1. The number of nitrogens with zero attached hydrogens (tertiary/aromatic N) is 4. The number of aromatic nitrogens is 2. The van der Waals surface area contributed by atoms with Crippen LogP contribution in [0.2, 0.25) is 0 Å². The highest BCUT2D eigenvalue weighted by Crippen LogP contribution is 2.33. The molecule has 1 fully saturated rings. The van der Waals surface area contributed by atoms with Crippen LogP contribution in [0.15, 0.2) is 53.0 Å². The molecule has 0 bridgehead atoms. The van der Waals surface area contributed by atoms with E-state index in [9.17, 15) is 22.4 Å². The molecule has 1 aliphatic carbocycles. The van der Waals surface area contributed by atoms with E-state index in [0.29, 0.717) is 5.13 Å². The highest BCUT2D eigenvalue weighted by atomic mass is 32.1. The van der Waals surface area contributed by atoms with E-state index in [1.54, 1.807) is 12.3 Å². The van der Waals surface area contributed by atoms with Gasteiger partial charge in [0.05, 0.1) is 5.70 Å². The molecule has 2 aromatic rings. The molecule has 0 saturated heterocycles. The van der Waals surface area contributed by atoms with E-state index >= 15 is 0 Å². The highest BCUT2D eigenvalue weighted by molar-refractivity contribution is 7.19. The second-order valence-electron chi connectivity index (χ2n) is 8.13. The summed E-state index contributed by atoms with van der Waals surface area (Å²) >= 11 is 1.07. The minimum absolute atomic E-state index is 0.115. The van der Waals surface area contributed by atoms with E-state index < -0.39 is 35.5 Å². The Labute approximate surface area is 214 Å². The van der Waals surface area contributed by atoms with Gasteiger partial charge in [-0.1, -0.05) is 24.0 Å². The number of azo groups is 1. The molecule has 1 heterocycles. The first kappa shape index (κ1) is 28.2. The number of nitrogens with one attached hydrogen (secondary N) is 2. The number of allylic oxidation sites excluding steroid dienone is 2. The van der Waals surface area contributed by atoms with E-state index in [1.165, 1.54) is 0 Å². The molecule has 14 heteroatoms. The minimum Gasteiger partial charge on any atom is -0.406 e. The average Bonchev–Trinajstić information content (AvgIpc) is 3.27. The number of carbonyl (C=O) groups excluding carboxylic acids is 1. The van der Waals surface area contributed by atoms with Crippen molar-refractivity contribution in [1.82, 2.24) is 10.2 Å². The van der Waals surface area contributed by atoms with Crippen molar-refractivity contribution >= 4 is 27.5 Å². The van der Waals surface area contributed by atoms with Crippen LogP contribution in [-0.4, -0.2) is 35.6 Å². The van der Waals surface area contributed by atoms with Crippen molar-refractivity contribution < 1.29 is 31.8 Å². The van der Waals surface area contributed by atoms with Crippen molar-refractivity contribution in [2.24, 2.45) is 16.1 Å². The summed E-state index contributed by atoms with van der Waals surface area (Å²) in [6.45, 7) is 5.85. The number of methoxy groups -OCH3 is 1. The topological polar surface area (TPSA) is 110 Å². The SMILES string of the molecule is C=C(N=N/C=C\C)C1CCC(Nc2nnc(NC(=O)[C@@H](OC)c3cc(OC(F)(F)F)ccc3F)s2)CC1. The third kappa shape index (κ3) is 8.32. The summed E-state index contributed by atoms with van der Waals surface area (Å²) in [5.74, 6) is -2.19. The molecule has 200 valence electrons. The van der Waals surface area contributed by atoms with Gasteiger partial charge in [0, 0.05) is 30.8 Å². The number of carbonyl (C=O) groups is 1. The molecule has 0 aliphatic heterocycles. The highest BCUT2D eigenvalue weighted by Gasteiger charge is 2.32. The fraction of sp³-hybridized carbons (Fsp3) is 0.435. The zero-order valence-corrected chi connectivity index (χ0v) is 20.9. The maximum Gasteiger partial charge on any atom is 0.573 e. The largest absolute Gasteiger partial charge is 0.573 e. The van der Waals surface area contributed by atoms with Crippen molar-refractivity contribution in [3.8, 4) is 5.75 Å². The molecule has 2 N–H and O–H groups in total. The van der Waals surface area contributed by atoms with E-state index in [-0.39, 0.29) is 17.1 Å². The van der Waals surface area contributed by atoms with Gasteiger partial charge in [0.2, 0.25) is 10.3 Å². The lowest BCUT2D eigenvalue weighted by Crippen LogP contribution is -2.26. The number of halogens is 4. The van der Waals surface area contributed by atoms with Gasteiger partial charge in [0.1, 0.15) is 11.6 Å². The molecule has 0 spiro atoms. The predicted molar refractivity (Wildman–Crippen MR) is 130 cm³/mol. The Morgan fingerprint density at radius 1 is 1.24 bits per heavy atom. The first-order chi connectivity index (χ1) is 17.6. The van der Waals surface area contributed by atoms with Gasteiger partial charge in [-0.05, 0) is 50.8 Å². The van der Waals surface area contributed by atoms with Gasteiger partial charge in [0.15, 0.2) is 6.10 Å². The Bertz CT molecular complexity index is 1150. The lowest BCUT2D eigenvalue weighted by atomic mass is 9.84. The predicted octanol–water partition coefficient (Wildman–Crippen LogP) is 6.37. The van der Waals surface area contributed by atoms with Crippen LogP contribution >= 0.6 is 11.3 Å². The van der Waals surface area contributed by atoms with Gasteiger partial charge in [-0.15, -0.1) is 23.4 Å². The summed E-state index contributed by atoms with van der Waals surface area (Å²) in [5.41, 5.74) is 0.324. The van der Waals surface area contributed by atoms with E-state index in [0.717, 1.165) is 68.0 Å². The Morgan fingerprint density at radius 2 is 1.95 bits per heavy atom. The van der Waals surface area contributed by atoms with Crippen molar-refractivity contribution in [2.45, 2.75) is 51.1 Å². The monoisotopic (exact) mass is 542 g/mol. The zero-order valence-electron chi connectivity index (χ0n) is 20.1. The molecular formula is C23H26F4N6O3S. The van der Waals surface area contributed by atoms with Crippen molar-refractivity contribution in [1.29, 1.82) is 0 Å². The molecule has 1 atom stereocenters. The fourth-order valence-corrected chi connectivity index (χ4v) is 4.52. The Morgan fingerprint density at radius 3 is 2.59 bits per heavy atom. The normalized spacial score (nSPS) is 19.2. The van der Waals surface area contributed by atoms with Crippen LogP contribution in [0.4, 0.5) is 27.8 Å². The summed E-state index contributed by atoms with van der Waals surface area (Å²) in [6, 6.07) is 2.47. The molecular weight excluding hydrogens is 516 g/mol. The number of hydrogen-bond donors (Lipinski definition) is 2. The van der Waals surface area contributed by atoms with Crippen molar-refractivity contribution in [2.75, 3.05) is 17.7 Å². The summed E-state index contributed by atoms with van der Waals surface area (Å²) < 4.78 is 60.7. The van der Waals surface area contributed by atoms with Crippen LogP contribution < -0.4 is 15.4 Å². The first-order valence-corrected chi connectivity index (χ1v) is 12.1. The second-order valence-corrected chi connectivity index (χ2v) is 9.11. The maximum absolute atomic E-state index is 14.3. The van der Waals surface area contributed by atoms with Gasteiger partial charge in [0.25, 0.3) is 5.91 Å². The standard InChI is InChI=1S/C23H26F4N6O3S/c1-4-11-28-31-13(2)14-5-7-15(8-6-14)29-21-32-33-22(37-21)30-20(34)19(35-3)17-12-16(9-10-18(17)24)36-23(25,26)27/h4,9-12,14-15,19H,2,5-8H2,1,3H3,(H,29,32)(H,30,33,34)/b11-4-,31-28?/t14?,15?,19-/m0/s1. The minimum atomic E-state index is -4.97. The number of anilines is 2. The smallest absolute Gasteiger partial charge is 0.406 e. The molecule has 1 aliphatic rings. The van der Waals surface area contributed by atoms with Crippen LogP contribution in [0.25, 0.3) is 0 Å². The molecule has 0 unspecified atom stereocenters. The van der Waals surface area contributed by atoms with Crippen LogP contribution in [0.1, 0.15) is 44.3 Å². The number of rotatable bonds is 10. The molecule has 1 amide bonds. The summed E-state index contributed by atoms with van der Waals surface area (Å²) in [6.07, 6.45) is 0.338. The van der Waals surface area contributed by atoms with Crippen LogP contribution in [0.3, 0.4) is 0 Å². The third-order valence-corrected chi connectivity index (χ3v) is 6.31. The van der Waals surface area contributed by atoms with E-state index in [4.69, 9.17) is 4.74 Å². The first-order valence-electron chi connectivity index (χ1n) is 11.3. The van der Waals surface area contributed by atoms with Gasteiger partial charge in [-0.3, -0.25) is 10.1 Å².